The lowest BCUT2D eigenvalue weighted by atomic mass is 10.1. The number of hydrogen-bond donors (Lipinski definition) is 0. The maximum atomic E-state index is 6.08. The van der Waals surface area contributed by atoms with Gasteiger partial charge in [0.25, 0.3) is 0 Å². The molecule has 0 N–H and O–H groups in total. The first kappa shape index (κ1) is 14.1. The number of nitrogens with zero attached hydrogens (tertiary/aromatic N) is 1. The van der Waals surface area contributed by atoms with Crippen LogP contribution in [-0.4, -0.2) is 11.6 Å². The number of halogens is 1. The molecule has 3 aromatic rings. The molecule has 0 aliphatic carbocycles. The Morgan fingerprint density at radius 1 is 1.10 bits per heavy atom. The molecule has 106 valence electrons. The van der Waals surface area contributed by atoms with E-state index >= 15 is 0 Å². The Hall–Kier alpha value is -1.84. The summed E-state index contributed by atoms with van der Waals surface area (Å²) in [6.07, 6.45) is 0. The van der Waals surface area contributed by atoms with Gasteiger partial charge in [-0.05, 0) is 30.5 Å². The van der Waals surface area contributed by atoms with Gasteiger partial charge in [-0.2, -0.15) is 11.3 Å². The number of thiophene rings is 1. The van der Waals surface area contributed by atoms with Crippen LogP contribution in [0.2, 0.25) is 5.02 Å². The van der Waals surface area contributed by atoms with Crippen molar-refractivity contribution < 1.29 is 4.74 Å². The van der Waals surface area contributed by atoms with Gasteiger partial charge in [0, 0.05) is 33.7 Å². The maximum Gasteiger partial charge on any atom is 0.123 e. The molecule has 0 amide bonds. The second kappa shape index (κ2) is 6.29. The molecule has 0 saturated carbocycles. The number of ether oxygens (including phenoxy) is 1. The first-order valence-corrected chi connectivity index (χ1v) is 8.02. The lowest BCUT2D eigenvalue weighted by molar-refractivity contribution is 0.340. The van der Waals surface area contributed by atoms with Crippen molar-refractivity contribution in [1.82, 2.24) is 4.98 Å². The van der Waals surface area contributed by atoms with Crippen molar-refractivity contribution in [1.29, 1.82) is 0 Å². The fourth-order valence-electron chi connectivity index (χ4n) is 2.11. The molecule has 0 aliphatic heterocycles. The molecule has 0 fully saturated rings. The molecule has 21 heavy (non-hydrogen) atoms. The average molecular weight is 316 g/mol. The van der Waals surface area contributed by atoms with Gasteiger partial charge in [-0.1, -0.05) is 23.7 Å². The van der Waals surface area contributed by atoms with Gasteiger partial charge in [0.05, 0.1) is 18.0 Å². The van der Waals surface area contributed by atoms with Crippen molar-refractivity contribution in [2.45, 2.75) is 6.92 Å². The van der Waals surface area contributed by atoms with Crippen LogP contribution in [0.25, 0.3) is 22.5 Å². The van der Waals surface area contributed by atoms with Crippen molar-refractivity contribution >= 4 is 22.9 Å². The SMILES string of the molecule is CCOc1cc(-c2ccsc2)nc(-c2cccc(Cl)c2)c1. The van der Waals surface area contributed by atoms with E-state index in [1.807, 2.05) is 48.7 Å². The number of aromatic nitrogens is 1. The van der Waals surface area contributed by atoms with Crippen molar-refractivity contribution in [2.24, 2.45) is 0 Å². The zero-order valence-electron chi connectivity index (χ0n) is 11.5. The smallest absolute Gasteiger partial charge is 0.123 e. The second-order valence-corrected chi connectivity index (χ2v) is 5.75. The third kappa shape index (κ3) is 3.26. The zero-order valence-corrected chi connectivity index (χ0v) is 13.1. The summed E-state index contributed by atoms with van der Waals surface area (Å²) in [6, 6.07) is 13.7. The van der Waals surface area contributed by atoms with Gasteiger partial charge in [-0.3, -0.25) is 0 Å². The number of hydrogen-bond acceptors (Lipinski definition) is 3. The number of pyridine rings is 1. The van der Waals surface area contributed by atoms with Gasteiger partial charge in [-0.25, -0.2) is 4.98 Å². The van der Waals surface area contributed by atoms with Crippen LogP contribution in [0.4, 0.5) is 0 Å². The van der Waals surface area contributed by atoms with Crippen LogP contribution in [-0.2, 0) is 0 Å². The predicted octanol–water partition coefficient (Wildman–Crippen LogP) is 5.53. The monoisotopic (exact) mass is 315 g/mol. The van der Waals surface area contributed by atoms with Crippen LogP contribution in [0.1, 0.15) is 6.92 Å². The molecular weight excluding hydrogens is 302 g/mol. The fourth-order valence-corrected chi connectivity index (χ4v) is 2.95. The van der Waals surface area contributed by atoms with E-state index in [2.05, 4.69) is 11.4 Å². The summed E-state index contributed by atoms with van der Waals surface area (Å²) < 4.78 is 5.67. The fraction of sp³-hybridized carbons (Fsp3) is 0.118. The quantitative estimate of drug-likeness (QED) is 0.631. The van der Waals surface area contributed by atoms with E-state index in [0.717, 1.165) is 28.3 Å². The highest BCUT2D eigenvalue weighted by Gasteiger charge is 2.08. The normalized spacial score (nSPS) is 10.6. The highest BCUT2D eigenvalue weighted by Crippen LogP contribution is 2.30. The molecule has 0 unspecified atom stereocenters. The topological polar surface area (TPSA) is 22.1 Å². The summed E-state index contributed by atoms with van der Waals surface area (Å²) in [7, 11) is 0. The third-order valence-corrected chi connectivity index (χ3v) is 3.97. The van der Waals surface area contributed by atoms with Gasteiger partial charge in [0.15, 0.2) is 0 Å². The van der Waals surface area contributed by atoms with Crippen molar-refractivity contribution in [3.05, 3.63) is 58.2 Å². The van der Waals surface area contributed by atoms with Crippen molar-refractivity contribution in [3.63, 3.8) is 0 Å². The third-order valence-electron chi connectivity index (χ3n) is 3.05. The Morgan fingerprint density at radius 2 is 1.90 bits per heavy atom. The highest BCUT2D eigenvalue weighted by molar-refractivity contribution is 7.08. The lowest BCUT2D eigenvalue weighted by Crippen LogP contribution is -1.95. The standard InChI is InChI=1S/C17H14ClNOS/c1-2-20-15-9-16(12-4-3-5-14(18)8-12)19-17(10-15)13-6-7-21-11-13/h3-11H,2H2,1H3. The molecule has 1 aromatic carbocycles. The summed E-state index contributed by atoms with van der Waals surface area (Å²) >= 11 is 7.73. The van der Waals surface area contributed by atoms with Crippen molar-refractivity contribution in [3.8, 4) is 28.3 Å². The van der Waals surface area contributed by atoms with E-state index in [1.165, 1.54) is 0 Å². The predicted molar refractivity (Wildman–Crippen MR) is 89.2 cm³/mol. The van der Waals surface area contributed by atoms with E-state index in [1.54, 1.807) is 11.3 Å². The molecule has 0 bridgehead atoms. The van der Waals surface area contributed by atoms with Crippen LogP contribution in [0.5, 0.6) is 5.75 Å². The Morgan fingerprint density at radius 3 is 2.57 bits per heavy atom. The Balaban J connectivity index is 2.11. The van der Waals surface area contributed by atoms with Crippen LogP contribution < -0.4 is 4.74 Å². The minimum absolute atomic E-state index is 0.627. The van der Waals surface area contributed by atoms with E-state index in [0.29, 0.717) is 11.6 Å². The lowest BCUT2D eigenvalue weighted by Gasteiger charge is -2.09. The average Bonchev–Trinajstić information content (AvgIpc) is 3.01. The Kier molecular flexibility index (Phi) is 4.23. The van der Waals surface area contributed by atoms with Gasteiger partial charge >= 0.3 is 0 Å². The first-order valence-electron chi connectivity index (χ1n) is 6.69. The van der Waals surface area contributed by atoms with Crippen LogP contribution in [0, 0.1) is 0 Å². The molecule has 0 radical (unpaired) electrons. The minimum Gasteiger partial charge on any atom is -0.494 e. The van der Waals surface area contributed by atoms with E-state index in [4.69, 9.17) is 21.3 Å². The Bertz CT molecular complexity index is 740. The summed E-state index contributed by atoms with van der Waals surface area (Å²) in [5, 5.41) is 4.83. The summed E-state index contributed by atoms with van der Waals surface area (Å²) in [4.78, 5) is 4.74. The molecule has 0 atom stereocenters. The molecule has 0 spiro atoms. The van der Waals surface area contributed by atoms with Gasteiger partial charge in [0.2, 0.25) is 0 Å². The Labute approximate surface area is 133 Å². The van der Waals surface area contributed by atoms with E-state index < -0.39 is 0 Å². The van der Waals surface area contributed by atoms with Crippen LogP contribution in [0.15, 0.2) is 53.2 Å². The molecule has 2 nitrogen and oxygen atoms in total. The minimum atomic E-state index is 0.627. The molecule has 0 aliphatic rings. The molecule has 0 saturated heterocycles. The molecule has 4 heteroatoms. The largest absolute Gasteiger partial charge is 0.494 e. The number of benzene rings is 1. The van der Waals surface area contributed by atoms with Crippen LogP contribution in [0.3, 0.4) is 0 Å². The summed E-state index contributed by atoms with van der Waals surface area (Å²) in [5.41, 5.74) is 3.87. The number of rotatable bonds is 4. The highest BCUT2D eigenvalue weighted by atomic mass is 35.5. The molecule has 3 rings (SSSR count). The molecule has 2 aromatic heterocycles. The molecular formula is C17H14ClNOS. The van der Waals surface area contributed by atoms with Gasteiger partial charge < -0.3 is 4.74 Å². The first-order chi connectivity index (χ1) is 10.3. The zero-order chi connectivity index (χ0) is 14.7. The second-order valence-electron chi connectivity index (χ2n) is 4.53. The van der Waals surface area contributed by atoms with Gasteiger partial charge in [0.1, 0.15) is 5.75 Å². The van der Waals surface area contributed by atoms with E-state index in [-0.39, 0.29) is 0 Å². The maximum absolute atomic E-state index is 6.08. The van der Waals surface area contributed by atoms with Crippen LogP contribution >= 0.6 is 22.9 Å². The summed E-state index contributed by atoms with van der Waals surface area (Å²) in [5.74, 6) is 0.823. The van der Waals surface area contributed by atoms with Gasteiger partial charge in [-0.15, -0.1) is 0 Å². The summed E-state index contributed by atoms with van der Waals surface area (Å²) in [6.45, 7) is 2.60. The van der Waals surface area contributed by atoms with E-state index in [9.17, 15) is 0 Å². The van der Waals surface area contributed by atoms with Crippen molar-refractivity contribution in [2.75, 3.05) is 6.61 Å². The molecule has 2 heterocycles.